The van der Waals surface area contributed by atoms with Gasteiger partial charge < -0.3 is 15.4 Å². The Hall–Kier alpha value is -1.13. The van der Waals surface area contributed by atoms with Gasteiger partial charge in [-0.3, -0.25) is 0 Å². The Balaban J connectivity index is 2.78. The molecule has 0 saturated heterocycles. The zero-order chi connectivity index (χ0) is 10.4. The quantitative estimate of drug-likeness (QED) is 0.745. The molecule has 3 nitrogen and oxygen atoms in total. The molecule has 14 heavy (non-hydrogen) atoms. The Bertz CT molecular complexity index is 315. The van der Waals surface area contributed by atoms with Crippen molar-refractivity contribution in [3.05, 3.63) is 29.8 Å². The molecular weight excluding hydrogens is 196 g/mol. The van der Waals surface area contributed by atoms with Gasteiger partial charge in [0.2, 0.25) is 0 Å². The van der Waals surface area contributed by atoms with E-state index in [0.29, 0.717) is 11.7 Å². The van der Waals surface area contributed by atoms with Gasteiger partial charge in [0.15, 0.2) is 5.11 Å². The van der Waals surface area contributed by atoms with Gasteiger partial charge in [0.1, 0.15) is 0 Å². The van der Waals surface area contributed by atoms with Gasteiger partial charge in [0.25, 0.3) is 0 Å². The molecule has 0 unspecified atom stereocenters. The second-order valence-corrected chi connectivity index (χ2v) is 3.20. The lowest BCUT2D eigenvalue weighted by Gasteiger charge is -2.11. The number of hydrogen-bond acceptors (Lipinski definition) is 2. The highest BCUT2D eigenvalue weighted by atomic mass is 32.1. The van der Waals surface area contributed by atoms with Crippen molar-refractivity contribution in [3.63, 3.8) is 0 Å². The van der Waals surface area contributed by atoms with E-state index in [4.69, 9.17) is 17.0 Å². The molecule has 0 aliphatic rings. The third-order valence-electron chi connectivity index (χ3n) is 1.79. The Morgan fingerprint density at radius 3 is 2.79 bits per heavy atom. The number of rotatable bonds is 3. The second kappa shape index (κ2) is 5.57. The van der Waals surface area contributed by atoms with E-state index in [1.807, 2.05) is 24.3 Å². The maximum atomic E-state index is 5.08. The fourth-order valence-corrected chi connectivity index (χ4v) is 1.22. The van der Waals surface area contributed by atoms with E-state index in [0.717, 1.165) is 11.3 Å². The molecule has 1 rings (SSSR count). The molecule has 0 amide bonds. The first-order valence-corrected chi connectivity index (χ1v) is 4.74. The van der Waals surface area contributed by atoms with Gasteiger partial charge >= 0.3 is 0 Å². The van der Waals surface area contributed by atoms with E-state index < -0.39 is 0 Å². The Morgan fingerprint density at radius 2 is 2.14 bits per heavy atom. The maximum Gasteiger partial charge on any atom is 0.170 e. The highest BCUT2D eigenvalue weighted by molar-refractivity contribution is 7.80. The summed E-state index contributed by atoms with van der Waals surface area (Å²) in [6, 6.07) is 7.91. The van der Waals surface area contributed by atoms with Crippen molar-refractivity contribution >= 4 is 23.0 Å². The lowest BCUT2D eigenvalue weighted by Crippen LogP contribution is -2.24. The number of nitrogens with one attached hydrogen (secondary N) is 2. The van der Waals surface area contributed by atoms with E-state index in [-0.39, 0.29) is 0 Å². The summed E-state index contributed by atoms with van der Waals surface area (Å²) in [6.07, 6.45) is 0. The number of ether oxygens (including phenoxy) is 1. The zero-order valence-electron chi connectivity index (χ0n) is 8.33. The van der Waals surface area contributed by atoms with E-state index >= 15 is 0 Å². The molecule has 0 spiro atoms. The maximum absolute atomic E-state index is 5.08. The van der Waals surface area contributed by atoms with Crippen molar-refractivity contribution in [2.45, 2.75) is 6.61 Å². The number of anilines is 1. The van der Waals surface area contributed by atoms with Crippen LogP contribution >= 0.6 is 12.2 Å². The van der Waals surface area contributed by atoms with Crippen LogP contribution in [0, 0.1) is 0 Å². The average Bonchev–Trinajstić information content (AvgIpc) is 2.21. The number of para-hydroxylation sites is 1. The van der Waals surface area contributed by atoms with Gasteiger partial charge in [-0.1, -0.05) is 18.2 Å². The standard InChI is InChI=1S/C10H14N2OS/c1-11-10(14)12-9-6-4-3-5-8(9)7-13-2/h3-6H,7H2,1-2H3,(H2,11,12,14). The first-order valence-electron chi connectivity index (χ1n) is 4.33. The molecule has 0 saturated carbocycles. The summed E-state index contributed by atoms with van der Waals surface area (Å²) in [4.78, 5) is 0. The van der Waals surface area contributed by atoms with Gasteiger partial charge in [-0.2, -0.15) is 0 Å². The highest BCUT2D eigenvalue weighted by Crippen LogP contribution is 2.15. The van der Waals surface area contributed by atoms with Crippen LogP contribution in [0.25, 0.3) is 0 Å². The molecule has 1 aromatic rings. The minimum Gasteiger partial charge on any atom is -0.380 e. The minimum absolute atomic E-state index is 0.579. The number of benzene rings is 1. The van der Waals surface area contributed by atoms with Crippen molar-refractivity contribution < 1.29 is 4.74 Å². The van der Waals surface area contributed by atoms with Crippen molar-refractivity contribution in [2.75, 3.05) is 19.5 Å². The van der Waals surface area contributed by atoms with E-state index in [9.17, 15) is 0 Å². The van der Waals surface area contributed by atoms with Crippen LogP contribution in [0.3, 0.4) is 0 Å². The highest BCUT2D eigenvalue weighted by Gasteiger charge is 2.01. The number of hydrogen-bond donors (Lipinski definition) is 2. The minimum atomic E-state index is 0.579. The topological polar surface area (TPSA) is 33.3 Å². The van der Waals surface area contributed by atoms with Crippen LogP contribution in [0.5, 0.6) is 0 Å². The largest absolute Gasteiger partial charge is 0.380 e. The summed E-state index contributed by atoms with van der Waals surface area (Å²) in [5.41, 5.74) is 2.07. The van der Waals surface area contributed by atoms with Crippen LogP contribution in [0.4, 0.5) is 5.69 Å². The molecule has 0 aliphatic carbocycles. The third-order valence-corrected chi connectivity index (χ3v) is 2.10. The van der Waals surface area contributed by atoms with Crippen LogP contribution in [0.2, 0.25) is 0 Å². The molecule has 0 heterocycles. The second-order valence-electron chi connectivity index (χ2n) is 2.79. The predicted octanol–water partition coefficient (Wildman–Crippen LogP) is 1.75. The fraction of sp³-hybridized carbons (Fsp3) is 0.300. The molecule has 4 heteroatoms. The van der Waals surface area contributed by atoms with E-state index in [2.05, 4.69) is 10.6 Å². The van der Waals surface area contributed by atoms with Crippen LogP contribution in [-0.4, -0.2) is 19.3 Å². The molecule has 1 aromatic carbocycles. The van der Waals surface area contributed by atoms with Crippen LogP contribution in [0.1, 0.15) is 5.56 Å². The van der Waals surface area contributed by atoms with Crippen molar-refractivity contribution in [1.82, 2.24) is 5.32 Å². The zero-order valence-corrected chi connectivity index (χ0v) is 9.15. The summed E-state index contributed by atoms with van der Waals surface area (Å²) in [5, 5.41) is 6.55. The summed E-state index contributed by atoms with van der Waals surface area (Å²) >= 11 is 5.02. The smallest absolute Gasteiger partial charge is 0.170 e. The molecule has 0 aliphatic heterocycles. The van der Waals surface area contributed by atoms with Gasteiger partial charge in [-0.15, -0.1) is 0 Å². The molecule has 0 aromatic heterocycles. The third kappa shape index (κ3) is 2.97. The average molecular weight is 210 g/mol. The Morgan fingerprint density at radius 1 is 1.43 bits per heavy atom. The van der Waals surface area contributed by atoms with Crippen molar-refractivity contribution in [3.8, 4) is 0 Å². The Kier molecular flexibility index (Phi) is 4.35. The summed E-state index contributed by atoms with van der Waals surface area (Å²) in [7, 11) is 3.46. The molecule has 0 fully saturated rings. The fourth-order valence-electron chi connectivity index (χ4n) is 1.11. The monoisotopic (exact) mass is 210 g/mol. The van der Waals surface area contributed by atoms with Crippen molar-refractivity contribution in [2.24, 2.45) is 0 Å². The lowest BCUT2D eigenvalue weighted by atomic mass is 10.2. The number of thiocarbonyl (C=S) groups is 1. The Labute approximate surface area is 89.5 Å². The van der Waals surface area contributed by atoms with Crippen LogP contribution in [0.15, 0.2) is 24.3 Å². The van der Waals surface area contributed by atoms with Gasteiger partial charge in [0, 0.05) is 25.4 Å². The normalized spacial score (nSPS) is 9.57. The van der Waals surface area contributed by atoms with Gasteiger partial charge in [-0.25, -0.2) is 0 Å². The van der Waals surface area contributed by atoms with E-state index in [1.54, 1.807) is 14.2 Å². The molecule has 0 radical (unpaired) electrons. The summed E-state index contributed by atoms with van der Waals surface area (Å²) < 4.78 is 5.08. The van der Waals surface area contributed by atoms with Gasteiger partial charge in [0.05, 0.1) is 6.61 Å². The first kappa shape index (κ1) is 10.9. The lowest BCUT2D eigenvalue weighted by molar-refractivity contribution is 0.185. The molecular formula is C10H14N2OS. The van der Waals surface area contributed by atoms with Crippen molar-refractivity contribution in [1.29, 1.82) is 0 Å². The van der Waals surface area contributed by atoms with E-state index in [1.165, 1.54) is 0 Å². The molecule has 2 N–H and O–H groups in total. The molecule has 0 bridgehead atoms. The number of methoxy groups -OCH3 is 1. The SMILES string of the molecule is CNC(=S)Nc1ccccc1COC. The summed E-state index contributed by atoms with van der Waals surface area (Å²) in [6.45, 7) is 0.579. The van der Waals surface area contributed by atoms with Crippen LogP contribution in [-0.2, 0) is 11.3 Å². The molecule has 76 valence electrons. The summed E-state index contributed by atoms with van der Waals surface area (Å²) in [5.74, 6) is 0. The van der Waals surface area contributed by atoms with Crippen LogP contribution < -0.4 is 10.6 Å². The first-order chi connectivity index (χ1) is 6.77. The predicted molar refractivity (Wildman–Crippen MR) is 62.4 cm³/mol. The van der Waals surface area contributed by atoms with Gasteiger partial charge in [-0.05, 0) is 18.3 Å². The molecule has 0 atom stereocenters.